The van der Waals surface area contributed by atoms with Gasteiger partial charge in [0.25, 0.3) is 0 Å². The summed E-state index contributed by atoms with van der Waals surface area (Å²) in [5.74, 6) is 0.781. The molecule has 4 rings (SSSR count). The van der Waals surface area contributed by atoms with Crippen molar-refractivity contribution >= 4 is 18.1 Å². The van der Waals surface area contributed by atoms with E-state index in [4.69, 9.17) is 12.2 Å². The molecule has 3 aromatic rings. The van der Waals surface area contributed by atoms with Crippen LogP contribution in [0.1, 0.15) is 37.0 Å². The summed E-state index contributed by atoms with van der Waals surface area (Å²) < 4.78 is 2.42. The molecular formula is C25H31N5OS. The Morgan fingerprint density at radius 1 is 1.16 bits per heavy atom. The van der Waals surface area contributed by atoms with E-state index in [-0.39, 0.29) is 11.4 Å². The summed E-state index contributed by atoms with van der Waals surface area (Å²) in [6.45, 7) is 9.46. The molecule has 1 aliphatic rings. The SMILES string of the molecule is Cc1ccc(-c2n[nH]c(=S)n2CCC(=O)NCC(C)(C)N2CCc3ccccc3C2)cc1. The first-order chi connectivity index (χ1) is 15.3. The summed E-state index contributed by atoms with van der Waals surface area (Å²) >= 11 is 5.40. The standard InChI is InChI=1S/C25H31N5OS/c1-18-8-10-20(11-9-18)23-27-28-24(32)30(23)15-13-22(31)26-17-25(2,3)29-14-12-19-6-4-5-7-21(19)16-29/h4-11H,12-17H2,1-3H3,(H,26,31)(H,28,32). The summed E-state index contributed by atoms with van der Waals surface area (Å²) in [6, 6.07) is 16.8. The van der Waals surface area contributed by atoms with Crippen molar-refractivity contribution in [1.82, 2.24) is 25.0 Å². The molecule has 6 nitrogen and oxygen atoms in total. The molecule has 2 heterocycles. The molecule has 168 valence electrons. The van der Waals surface area contributed by atoms with Crippen molar-refractivity contribution in [3.8, 4) is 11.4 Å². The molecule has 1 aromatic heterocycles. The van der Waals surface area contributed by atoms with Crippen LogP contribution < -0.4 is 5.32 Å². The number of aromatic nitrogens is 3. The van der Waals surface area contributed by atoms with E-state index in [2.05, 4.69) is 65.5 Å². The average molecular weight is 450 g/mol. The molecule has 2 aromatic carbocycles. The third kappa shape index (κ3) is 5.00. The third-order valence-electron chi connectivity index (χ3n) is 6.34. The first kappa shape index (κ1) is 22.4. The number of hydrogen-bond acceptors (Lipinski definition) is 4. The van der Waals surface area contributed by atoms with Crippen LogP contribution in [0.5, 0.6) is 0 Å². The first-order valence-electron chi connectivity index (χ1n) is 11.1. The Bertz CT molecular complexity index is 1150. The van der Waals surface area contributed by atoms with Gasteiger partial charge in [-0.2, -0.15) is 5.10 Å². The zero-order chi connectivity index (χ0) is 22.7. The number of nitrogens with one attached hydrogen (secondary N) is 2. The van der Waals surface area contributed by atoms with Gasteiger partial charge in [-0.3, -0.25) is 19.4 Å². The number of carbonyl (C=O) groups is 1. The minimum absolute atomic E-state index is 0.0217. The Balaban J connectivity index is 1.34. The quantitative estimate of drug-likeness (QED) is 0.529. The topological polar surface area (TPSA) is 66.0 Å². The van der Waals surface area contributed by atoms with Crippen molar-refractivity contribution in [2.45, 2.75) is 52.2 Å². The lowest BCUT2D eigenvalue weighted by Crippen LogP contribution is -2.53. The van der Waals surface area contributed by atoms with E-state index in [1.54, 1.807) is 0 Å². The summed E-state index contributed by atoms with van der Waals surface area (Å²) in [4.78, 5) is 15.1. The second kappa shape index (κ2) is 9.38. The van der Waals surface area contributed by atoms with Gasteiger partial charge in [-0.15, -0.1) is 0 Å². The molecule has 32 heavy (non-hydrogen) atoms. The Kier molecular flexibility index (Phi) is 6.58. The van der Waals surface area contributed by atoms with Crippen LogP contribution in [-0.4, -0.2) is 44.2 Å². The molecule has 0 saturated heterocycles. The van der Waals surface area contributed by atoms with Gasteiger partial charge < -0.3 is 5.32 Å². The van der Waals surface area contributed by atoms with Crippen LogP contribution in [0, 0.1) is 11.7 Å². The molecule has 0 radical (unpaired) electrons. The van der Waals surface area contributed by atoms with Crippen LogP contribution in [0.2, 0.25) is 0 Å². The van der Waals surface area contributed by atoms with E-state index < -0.39 is 0 Å². The average Bonchev–Trinajstić information content (AvgIpc) is 3.16. The molecule has 1 aliphatic heterocycles. The van der Waals surface area contributed by atoms with E-state index in [1.165, 1.54) is 16.7 Å². The van der Waals surface area contributed by atoms with Crippen molar-refractivity contribution < 1.29 is 4.79 Å². The Morgan fingerprint density at radius 3 is 2.62 bits per heavy atom. The van der Waals surface area contributed by atoms with Crippen LogP contribution in [-0.2, 0) is 24.3 Å². The molecule has 7 heteroatoms. The fourth-order valence-corrected chi connectivity index (χ4v) is 4.41. The summed E-state index contributed by atoms with van der Waals surface area (Å²) in [6.07, 6.45) is 1.40. The molecule has 0 atom stereocenters. The Labute approximate surface area is 194 Å². The number of rotatable bonds is 7. The first-order valence-corrected chi connectivity index (χ1v) is 11.5. The number of H-pyrrole nitrogens is 1. The van der Waals surface area contributed by atoms with Gasteiger partial charge in [0.1, 0.15) is 0 Å². The van der Waals surface area contributed by atoms with Crippen LogP contribution >= 0.6 is 12.2 Å². The number of hydrogen-bond donors (Lipinski definition) is 2. The summed E-state index contributed by atoms with van der Waals surface area (Å²) in [5.41, 5.74) is 4.87. The minimum Gasteiger partial charge on any atom is -0.354 e. The van der Waals surface area contributed by atoms with Gasteiger partial charge in [-0.25, -0.2) is 0 Å². The number of aryl methyl sites for hydroxylation is 1. The predicted molar refractivity (Wildman–Crippen MR) is 130 cm³/mol. The van der Waals surface area contributed by atoms with Gasteiger partial charge in [0, 0.05) is 43.7 Å². The monoisotopic (exact) mass is 449 g/mol. The number of nitrogens with zero attached hydrogens (tertiary/aromatic N) is 3. The van der Waals surface area contributed by atoms with E-state index >= 15 is 0 Å². The highest BCUT2D eigenvalue weighted by molar-refractivity contribution is 7.71. The molecule has 0 saturated carbocycles. The molecule has 0 unspecified atom stereocenters. The van der Waals surface area contributed by atoms with Crippen LogP contribution in [0.3, 0.4) is 0 Å². The molecule has 2 N–H and O–H groups in total. The van der Waals surface area contributed by atoms with Gasteiger partial charge in [0.15, 0.2) is 10.6 Å². The van der Waals surface area contributed by atoms with E-state index in [0.29, 0.717) is 24.3 Å². The zero-order valence-electron chi connectivity index (χ0n) is 19.0. The highest BCUT2D eigenvalue weighted by atomic mass is 32.1. The fourth-order valence-electron chi connectivity index (χ4n) is 4.19. The number of benzene rings is 2. The molecule has 1 amide bonds. The third-order valence-corrected chi connectivity index (χ3v) is 6.65. The normalized spacial score (nSPS) is 14.2. The number of carbonyl (C=O) groups excluding carboxylic acids is 1. The lowest BCUT2D eigenvalue weighted by molar-refractivity contribution is -0.121. The predicted octanol–water partition coefficient (Wildman–Crippen LogP) is 4.26. The van der Waals surface area contributed by atoms with Gasteiger partial charge in [-0.1, -0.05) is 54.1 Å². The van der Waals surface area contributed by atoms with Gasteiger partial charge >= 0.3 is 0 Å². The lowest BCUT2D eigenvalue weighted by Gasteiger charge is -2.41. The van der Waals surface area contributed by atoms with Crippen LogP contribution in [0.4, 0.5) is 0 Å². The van der Waals surface area contributed by atoms with E-state index in [9.17, 15) is 4.79 Å². The smallest absolute Gasteiger partial charge is 0.221 e. The Morgan fingerprint density at radius 2 is 1.88 bits per heavy atom. The molecule has 0 aliphatic carbocycles. The number of amides is 1. The summed E-state index contributed by atoms with van der Waals surface area (Å²) in [5, 5.41) is 10.4. The second-order valence-electron chi connectivity index (χ2n) is 9.15. The summed E-state index contributed by atoms with van der Waals surface area (Å²) in [7, 11) is 0. The molecular weight excluding hydrogens is 418 g/mol. The van der Waals surface area contributed by atoms with Gasteiger partial charge in [0.05, 0.1) is 0 Å². The van der Waals surface area contributed by atoms with Crippen molar-refractivity contribution in [2.24, 2.45) is 0 Å². The van der Waals surface area contributed by atoms with Crippen LogP contribution in [0.25, 0.3) is 11.4 Å². The minimum atomic E-state index is -0.123. The van der Waals surface area contributed by atoms with Gasteiger partial charge in [-0.05, 0) is 50.5 Å². The fraction of sp³-hybridized carbons (Fsp3) is 0.400. The second-order valence-corrected chi connectivity index (χ2v) is 9.54. The number of aromatic amines is 1. The van der Waals surface area contributed by atoms with Crippen molar-refractivity contribution in [1.29, 1.82) is 0 Å². The van der Waals surface area contributed by atoms with Crippen LogP contribution in [0.15, 0.2) is 48.5 Å². The maximum atomic E-state index is 12.7. The lowest BCUT2D eigenvalue weighted by atomic mass is 9.94. The molecule has 0 bridgehead atoms. The zero-order valence-corrected chi connectivity index (χ0v) is 19.8. The van der Waals surface area contributed by atoms with Crippen molar-refractivity contribution in [3.05, 3.63) is 70.0 Å². The van der Waals surface area contributed by atoms with E-state index in [1.807, 2.05) is 28.8 Å². The van der Waals surface area contributed by atoms with Gasteiger partial charge in [0.2, 0.25) is 5.91 Å². The maximum Gasteiger partial charge on any atom is 0.221 e. The van der Waals surface area contributed by atoms with Crippen molar-refractivity contribution in [3.63, 3.8) is 0 Å². The molecule has 0 spiro atoms. The molecule has 0 fully saturated rings. The van der Waals surface area contributed by atoms with E-state index in [0.717, 1.165) is 30.9 Å². The Hall–Kier alpha value is -2.77. The largest absolute Gasteiger partial charge is 0.354 e. The highest BCUT2D eigenvalue weighted by Crippen LogP contribution is 2.25. The number of fused-ring (bicyclic) bond motifs is 1. The highest BCUT2D eigenvalue weighted by Gasteiger charge is 2.30. The maximum absolute atomic E-state index is 12.7. The van der Waals surface area contributed by atoms with Crippen molar-refractivity contribution in [2.75, 3.05) is 13.1 Å².